The van der Waals surface area contributed by atoms with Gasteiger partial charge in [0.05, 0.1) is 33.9 Å². The van der Waals surface area contributed by atoms with Crippen molar-refractivity contribution in [1.29, 1.82) is 0 Å². The minimum atomic E-state index is -0.389. The summed E-state index contributed by atoms with van der Waals surface area (Å²) >= 11 is 0. The molecule has 1 fully saturated rings. The van der Waals surface area contributed by atoms with Crippen LogP contribution in [-0.4, -0.2) is 57.2 Å². The van der Waals surface area contributed by atoms with Crippen LogP contribution in [0.15, 0.2) is 12.1 Å². The highest BCUT2D eigenvalue weighted by Gasteiger charge is 2.28. The first-order chi connectivity index (χ1) is 12.0. The van der Waals surface area contributed by atoms with E-state index in [4.69, 9.17) is 19.9 Å². The summed E-state index contributed by atoms with van der Waals surface area (Å²) in [5.74, 6) is 0.728. The number of carbonyl (C=O) groups excluding carboxylic acids is 2. The van der Waals surface area contributed by atoms with E-state index >= 15 is 0 Å². The molecule has 138 valence electrons. The Kier molecular flexibility index (Phi) is 6.46. The maximum absolute atomic E-state index is 12.4. The maximum Gasteiger partial charge on any atom is 0.238 e. The molecule has 1 aromatic rings. The largest absolute Gasteiger partial charge is 0.493 e. The molecule has 1 heterocycles. The van der Waals surface area contributed by atoms with Gasteiger partial charge >= 0.3 is 0 Å². The van der Waals surface area contributed by atoms with Gasteiger partial charge in [-0.1, -0.05) is 6.42 Å². The Morgan fingerprint density at radius 1 is 1.16 bits per heavy atom. The smallest absolute Gasteiger partial charge is 0.238 e. The summed E-state index contributed by atoms with van der Waals surface area (Å²) < 4.78 is 15.8. The Bertz CT molecular complexity index is 610. The number of benzene rings is 1. The highest BCUT2D eigenvalue weighted by Crippen LogP contribution is 2.39. The van der Waals surface area contributed by atoms with Crippen molar-refractivity contribution in [2.75, 3.05) is 39.7 Å². The van der Waals surface area contributed by atoms with Gasteiger partial charge < -0.3 is 25.3 Å². The van der Waals surface area contributed by atoms with Gasteiger partial charge in [-0.3, -0.25) is 14.5 Å². The molecule has 0 spiro atoms. The van der Waals surface area contributed by atoms with E-state index in [2.05, 4.69) is 5.32 Å². The summed E-state index contributed by atoms with van der Waals surface area (Å²) in [5.41, 5.74) is 5.95. The lowest BCUT2D eigenvalue weighted by Gasteiger charge is -2.32. The molecule has 0 unspecified atom stereocenters. The average Bonchev–Trinajstić information content (AvgIpc) is 2.60. The number of nitrogens with one attached hydrogen (secondary N) is 1. The number of piperidine rings is 1. The lowest BCUT2D eigenvalue weighted by Crippen LogP contribution is -2.50. The minimum Gasteiger partial charge on any atom is -0.493 e. The SMILES string of the molecule is COc1cc(NC(=O)CN2CCCC[C@H]2C(N)=O)cc(OC)c1OC. The van der Waals surface area contributed by atoms with Gasteiger partial charge in [-0.25, -0.2) is 0 Å². The predicted molar refractivity (Wildman–Crippen MR) is 93.1 cm³/mol. The third-order valence-electron chi connectivity index (χ3n) is 4.24. The molecule has 0 saturated carbocycles. The molecule has 1 saturated heterocycles. The lowest BCUT2D eigenvalue weighted by molar-refractivity contribution is -0.126. The van der Waals surface area contributed by atoms with Gasteiger partial charge in [0, 0.05) is 17.8 Å². The van der Waals surface area contributed by atoms with E-state index in [1.165, 1.54) is 21.3 Å². The molecular weight excluding hydrogens is 326 g/mol. The summed E-state index contributed by atoms with van der Waals surface area (Å²) in [6, 6.07) is 2.92. The normalized spacial score (nSPS) is 17.6. The zero-order chi connectivity index (χ0) is 18.4. The molecule has 25 heavy (non-hydrogen) atoms. The van der Waals surface area contributed by atoms with Crippen LogP contribution in [0, 0.1) is 0 Å². The highest BCUT2D eigenvalue weighted by molar-refractivity contribution is 5.93. The number of rotatable bonds is 7. The van der Waals surface area contributed by atoms with Crippen molar-refractivity contribution in [2.24, 2.45) is 5.73 Å². The number of hydrogen-bond donors (Lipinski definition) is 2. The highest BCUT2D eigenvalue weighted by atomic mass is 16.5. The number of anilines is 1. The number of likely N-dealkylation sites (tertiary alicyclic amines) is 1. The summed E-state index contributed by atoms with van der Waals surface area (Å²) in [6.07, 6.45) is 2.58. The number of amides is 2. The summed E-state index contributed by atoms with van der Waals surface area (Å²) in [5, 5.41) is 2.80. The zero-order valence-electron chi connectivity index (χ0n) is 14.8. The monoisotopic (exact) mass is 351 g/mol. The van der Waals surface area contributed by atoms with Crippen LogP contribution in [-0.2, 0) is 9.59 Å². The molecule has 8 heteroatoms. The van der Waals surface area contributed by atoms with Crippen LogP contribution >= 0.6 is 0 Å². The van der Waals surface area contributed by atoms with E-state index in [0.29, 0.717) is 35.9 Å². The first-order valence-corrected chi connectivity index (χ1v) is 8.13. The van der Waals surface area contributed by atoms with Gasteiger partial charge in [-0.2, -0.15) is 0 Å². The topological polar surface area (TPSA) is 103 Å². The van der Waals surface area contributed by atoms with Crippen LogP contribution in [0.1, 0.15) is 19.3 Å². The number of primary amides is 1. The molecule has 1 atom stereocenters. The Morgan fingerprint density at radius 3 is 2.32 bits per heavy atom. The molecule has 0 aromatic heterocycles. The van der Waals surface area contributed by atoms with Crippen molar-refractivity contribution >= 4 is 17.5 Å². The van der Waals surface area contributed by atoms with Gasteiger partial charge in [0.1, 0.15) is 0 Å². The molecule has 0 bridgehead atoms. The fraction of sp³-hybridized carbons (Fsp3) is 0.529. The Labute approximate surface area is 147 Å². The van der Waals surface area contributed by atoms with Crippen molar-refractivity contribution in [3.63, 3.8) is 0 Å². The first kappa shape index (κ1) is 18.9. The molecule has 0 aliphatic carbocycles. The second-order valence-electron chi connectivity index (χ2n) is 5.85. The second-order valence-corrected chi connectivity index (χ2v) is 5.85. The Balaban J connectivity index is 2.10. The van der Waals surface area contributed by atoms with Crippen LogP contribution in [0.25, 0.3) is 0 Å². The third-order valence-corrected chi connectivity index (χ3v) is 4.24. The molecule has 0 radical (unpaired) electrons. The molecule has 3 N–H and O–H groups in total. The first-order valence-electron chi connectivity index (χ1n) is 8.13. The van der Waals surface area contributed by atoms with E-state index < -0.39 is 0 Å². The van der Waals surface area contributed by atoms with Gasteiger partial charge in [-0.05, 0) is 19.4 Å². The molecule has 2 rings (SSSR count). The molecule has 1 aromatic carbocycles. The number of hydrogen-bond acceptors (Lipinski definition) is 6. The fourth-order valence-electron chi connectivity index (χ4n) is 3.04. The van der Waals surface area contributed by atoms with Gasteiger partial charge in [0.25, 0.3) is 0 Å². The number of nitrogens with zero attached hydrogens (tertiary/aromatic N) is 1. The predicted octanol–water partition coefficient (Wildman–Crippen LogP) is 0.991. The van der Waals surface area contributed by atoms with Crippen molar-refractivity contribution in [1.82, 2.24) is 4.90 Å². The Morgan fingerprint density at radius 2 is 1.80 bits per heavy atom. The second kappa shape index (κ2) is 8.57. The van der Waals surface area contributed by atoms with Gasteiger partial charge in [-0.15, -0.1) is 0 Å². The van der Waals surface area contributed by atoms with E-state index in [-0.39, 0.29) is 24.4 Å². The molecule has 1 aliphatic heterocycles. The summed E-state index contributed by atoms with van der Waals surface area (Å²) in [4.78, 5) is 25.7. The van der Waals surface area contributed by atoms with E-state index in [0.717, 1.165) is 12.8 Å². The average molecular weight is 351 g/mol. The molecule has 1 aliphatic rings. The van der Waals surface area contributed by atoms with E-state index in [1.54, 1.807) is 12.1 Å². The van der Waals surface area contributed by atoms with Gasteiger partial charge in [0.2, 0.25) is 17.6 Å². The van der Waals surface area contributed by atoms with Crippen LogP contribution in [0.2, 0.25) is 0 Å². The number of ether oxygens (including phenoxy) is 3. The van der Waals surface area contributed by atoms with E-state index in [9.17, 15) is 9.59 Å². The van der Waals surface area contributed by atoms with Crippen LogP contribution in [0.4, 0.5) is 5.69 Å². The molecule has 2 amide bonds. The quantitative estimate of drug-likeness (QED) is 0.759. The van der Waals surface area contributed by atoms with Crippen molar-refractivity contribution in [3.05, 3.63) is 12.1 Å². The van der Waals surface area contributed by atoms with Crippen LogP contribution in [0.5, 0.6) is 17.2 Å². The zero-order valence-corrected chi connectivity index (χ0v) is 14.8. The molecule has 8 nitrogen and oxygen atoms in total. The van der Waals surface area contributed by atoms with Crippen LogP contribution in [0.3, 0.4) is 0 Å². The fourth-order valence-corrected chi connectivity index (χ4v) is 3.04. The van der Waals surface area contributed by atoms with Crippen molar-refractivity contribution in [2.45, 2.75) is 25.3 Å². The van der Waals surface area contributed by atoms with Crippen LogP contribution < -0.4 is 25.3 Å². The third kappa shape index (κ3) is 4.54. The molecular formula is C17H25N3O5. The number of nitrogens with two attached hydrogens (primary N) is 1. The lowest BCUT2D eigenvalue weighted by atomic mass is 10.0. The minimum absolute atomic E-state index is 0.101. The number of methoxy groups -OCH3 is 3. The summed E-state index contributed by atoms with van der Waals surface area (Å²) in [6.45, 7) is 0.778. The van der Waals surface area contributed by atoms with Crippen molar-refractivity contribution in [3.8, 4) is 17.2 Å². The number of carbonyl (C=O) groups is 2. The van der Waals surface area contributed by atoms with E-state index in [1.807, 2.05) is 4.90 Å². The maximum atomic E-state index is 12.4. The van der Waals surface area contributed by atoms with Crippen molar-refractivity contribution < 1.29 is 23.8 Å². The van der Waals surface area contributed by atoms with Gasteiger partial charge in [0.15, 0.2) is 11.5 Å². The summed E-state index contributed by atoms with van der Waals surface area (Å²) in [7, 11) is 4.53. The Hall–Kier alpha value is -2.48. The standard InChI is InChI=1S/C17H25N3O5/c1-23-13-8-11(9-14(24-2)16(13)25-3)19-15(21)10-20-7-5-4-6-12(20)17(18)22/h8-9,12H,4-7,10H2,1-3H3,(H2,18,22)(H,19,21)/t12-/m0/s1.